The normalized spacial score (nSPS) is 12.5. The predicted octanol–water partition coefficient (Wildman–Crippen LogP) is 1.24. The monoisotopic (exact) mass is 161 g/mol. The second kappa shape index (κ2) is 6.12. The van der Waals surface area contributed by atoms with Crippen LogP contribution in [-0.4, -0.2) is 30.4 Å². The molecule has 0 saturated heterocycles. The number of nitrogens with zero attached hydrogens (tertiary/aromatic N) is 1. The summed E-state index contributed by atoms with van der Waals surface area (Å²) in [5.41, 5.74) is 0.439. The summed E-state index contributed by atoms with van der Waals surface area (Å²) in [4.78, 5) is 0. The molecule has 66 valence electrons. The van der Waals surface area contributed by atoms with Gasteiger partial charge in [0.25, 0.3) is 0 Å². The molecule has 0 aromatic heterocycles. The maximum Gasteiger partial charge on any atom is 0.200 e. The van der Waals surface area contributed by atoms with Crippen LogP contribution in [0.5, 0.6) is 0 Å². The van der Waals surface area contributed by atoms with Crippen LogP contribution < -0.4 is 0 Å². The molecule has 0 aliphatic heterocycles. The van der Waals surface area contributed by atoms with Crippen molar-refractivity contribution < 1.29 is 14.7 Å². The number of hydrogen-bond acceptors (Lipinski definition) is 4. The molecule has 0 aliphatic carbocycles. The molecule has 0 rings (SSSR count). The van der Waals surface area contributed by atoms with Gasteiger partial charge in [0.05, 0.1) is 0 Å². The largest absolute Gasteiger partial charge is 0.411 e. The maximum absolute atomic E-state index is 8.39. The Bertz CT molecular complexity index is 119. The SMILES string of the molecule is CCOC(OCC)/C(C)=N/O. The highest BCUT2D eigenvalue weighted by atomic mass is 16.7. The van der Waals surface area contributed by atoms with E-state index in [-0.39, 0.29) is 0 Å². The Morgan fingerprint density at radius 2 is 1.82 bits per heavy atom. The minimum absolute atomic E-state index is 0.439. The van der Waals surface area contributed by atoms with E-state index >= 15 is 0 Å². The molecule has 0 fully saturated rings. The lowest BCUT2D eigenvalue weighted by Gasteiger charge is -2.14. The molecule has 0 radical (unpaired) electrons. The van der Waals surface area contributed by atoms with Gasteiger partial charge in [-0.05, 0) is 20.8 Å². The highest BCUT2D eigenvalue weighted by Gasteiger charge is 2.11. The fourth-order valence-electron chi connectivity index (χ4n) is 0.639. The minimum Gasteiger partial charge on any atom is -0.411 e. The second-order valence-corrected chi connectivity index (χ2v) is 1.98. The van der Waals surface area contributed by atoms with E-state index < -0.39 is 6.29 Å². The summed E-state index contributed by atoms with van der Waals surface area (Å²) in [6.45, 7) is 6.44. The first-order valence-electron chi connectivity index (χ1n) is 3.68. The van der Waals surface area contributed by atoms with Crippen LogP contribution in [0.1, 0.15) is 20.8 Å². The Labute approximate surface area is 66.8 Å². The third-order valence-electron chi connectivity index (χ3n) is 1.13. The van der Waals surface area contributed by atoms with Crippen LogP contribution >= 0.6 is 0 Å². The zero-order chi connectivity index (χ0) is 8.69. The molecule has 0 unspecified atom stereocenters. The fraction of sp³-hybridized carbons (Fsp3) is 0.857. The summed E-state index contributed by atoms with van der Waals surface area (Å²) in [7, 11) is 0. The molecule has 4 heteroatoms. The van der Waals surface area contributed by atoms with Crippen LogP contribution in [0.25, 0.3) is 0 Å². The van der Waals surface area contributed by atoms with Gasteiger partial charge >= 0.3 is 0 Å². The lowest BCUT2D eigenvalue weighted by molar-refractivity contribution is -0.0914. The standard InChI is InChI=1S/C7H15NO3/c1-4-10-7(11-5-2)6(3)8-9/h7,9H,4-5H2,1-3H3/b8-6+. The van der Waals surface area contributed by atoms with Gasteiger partial charge in [0.2, 0.25) is 0 Å². The lowest BCUT2D eigenvalue weighted by Crippen LogP contribution is -2.25. The Balaban J connectivity index is 3.87. The van der Waals surface area contributed by atoms with Gasteiger partial charge in [-0.15, -0.1) is 0 Å². The summed E-state index contributed by atoms with van der Waals surface area (Å²) < 4.78 is 10.2. The summed E-state index contributed by atoms with van der Waals surface area (Å²) in [5, 5.41) is 11.4. The van der Waals surface area contributed by atoms with Crippen LogP contribution in [0.4, 0.5) is 0 Å². The molecule has 0 aliphatic rings. The van der Waals surface area contributed by atoms with E-state index in [1.54, 1.807) is 6.92 Å². The first-order valence-corrected chi connectivity index (χ1v) is 3.68. The fourth-order valence-corrected chi connectivity index (χ4v) is 0.639. The molecule has 0 heterocycles. The third kappa shape index (κ3) is 3.95. The maximum atomic E-state index is 8.39. The predicted molar refractivity (Wildman–Crippen MR) is 41.9 cm³/mol. The Morgan fingerprint density at radius 3 is 2.09 bits per heavy atom. The van der Waals surface area contributed by atoms with Crippen molar-refractivity contribution in [1.29, 1.82) is 0 Å². The van der Waals surface area contributed by atoms with Crippen molar-refractivity contribution in [2.45, 2.75) is 27.1 Å². The number of ether oxygens (including phenoxy) is 2. The molecule has 11 heavy (non-hydrogen) atoms. The Kier molecular flexibility index (Phi) is 5.78. The molecule has 0 aromatic carbocycles. The van der Waals surface area contributed by atoms with Crippen molar-refractivity contribution in [1.82, 2.24) is 0 Å². The van der Waals surface area contributed by atoms with E-state index in [1.807, 2.05) is 13.8 Å². The zero-order valence-electron chi connectivity index (χ0n) is 7.20. The van der Waals surface area contributed by atoms with E-state index in [9.17, 15) is 0 Å². The Hall–Kier alpha value is -0.610. The highest BCUT2D eigenvalue weighted by Crippen LogP contribution is 1.97. The van der Waals surface area contributed by atoms with Crippen molar-refractivity contribution in [3.05, 3.63) is 0 Å². The van der Waals surface area contributed by atoms with Gasteiger partial charge in [-0.25, -0.2) is 0 Å². The summed E-state index contributed by atoms with van der Waals surface area (Å²) in [6, 6.07) is 0. The van der Waals surface area contributed by atoms with Crippen LogP contribution in [-0.2, 0) is 9.47 Å². The summed E-state index contributed by atoms with van der Waals surface area (Å²) >= 11 is 0. The average Bonchev–Trinajstić information content (AvgIpc) is 2.03. The van der Waals surface area contributed by atoms with Gasteiger partial charge in [-0.2, -0.15) is 0 Å². The Morgan fingerprint density at radius 1 is 1.36 bits per heavy atom. The van der Waals surface area contributed by atoms with E-state index in [0.29, 0.717) is 18.9 Å². The number of rotatable bonds is 5. The first kappa shape index (κ1) is 10.4. The highest BCUT2D eigenvalue weighted by molar-refractivity contribution is 5.84. The van der Waals surface area contributed by atoms with Gasteiger partial charge in [0.15, 0.2) is 6.29 Å². The molecule has 0 saturated carbocycles. The molecule has 0 amide bonds. The van der Waals surface area contributed by atoms with Gasteiger partial charge in [0.1, 0.15) is 5.71 Å². The number of oxime groups is 1. The molecule has 1 N–H and O–H groups in total. The molecule has 0 bridgehead atoms. The van der Waals surface area contributed by atoms with Crippen LogP contribution in [0.15, 0.2) is 5.16 Å². The van der Waals surface area contributed by atoms with Crippen LogP contribution in [0, 0.1) is 0 Å². The van der Waals surface area contributed by atoms with Gasteiger partial charge in [-0.3, -0.25) is 0 Å². The van der Waals surface area contributed by atoms with Crippen LogP contribution in [0.3, 0.4) is 0 Å². The second-order valence-electron chi connectivity index (χ2n) is 1.98. The minimum atomic E-state index is -0.505. The molecule has 0 aromatic rings. The van der Waals surface area contributed by atoms with Crippen molar-refractivity contribution >= 4 is 5.71 Å². The number of hydrogen-bond donors (Lipinski definition) is 1. The third-order valence-corrected chi connectivity index (χ3v) is 1.13. The van der Waals surface area contributed by atoms with E-state index in [4.69, 9.17) is 14.7 Å². The molecular formula is C7H15NO3. The van der Waals surface area contributed by atoms with Gasteiger partial charge < -0.3 is 14.7 Å². The topological polar surface area (TPSA) is 51.0 Å². The van der Waals surface area contributed by atoms with Crippen LogP contribution in [0.2, 0.25) is 0 Å². The van der Waals surface area contributed by atoms with E-state index in [2.05, 4.69) is 5.16 Å². The summed E-state index contributed by atoms with van der Waals surface area (Å²) in [6.07, 6.45) is -0.505. The van der Waals surface area contributed by atoms with E-state index in [0.717, 1.165) is 0 Å². The van der Waals surface area contributed by atoms with Crippen molar-refractivity contribution in [2.75, 3.05) is 13.2 Å². The van der Waals surface area contributed by atoms with Crippen molar-refractivity contribution in [2.24, 2.45) is 5.16 Å². The van der Waals surface area contributed by atoms with E-state index in [1.165, 1.54) is 0 Å². The average molecular weight is 161 g/mol. The summed E-state index contributed by atoms with van der Waals surface area (Å²) in [5.74, 6) is 0. The molecule has 0 atom stereocenters. The van der Waals surface area contributed by atoms with Crippen molar-refractivity contribution in [3.63, 3.8) is 0 Å². The molecule has 4 nitrogen and oxygen atoms in total. The first-order chi connectivity index (χ1) is 5.26. The molecule has 0 spiro atoms. The smallest absolute Gasteiger partial charge is 0.200 e. The molecular weight excluding hydrogens is 146 g/mol. The van der Waals surface area contributed by atoms with Crippen molar-refractivity contribution in [3.8, 4) is 0 Å². The van der Waals surface area contributed by atoms with Gasteiger partial charge in [-0.1, -0.05) is 5.16 Å². The quantitative estimate of drug-likeness (QED) is 0.285. The van der Waals surface area contributed by atoms with Gasteiger partial charge in [0, 0.05) is 13.2 Å². The lowest BCUT2D eigenvalue weighted by atomic mass is 10.4. The zero-order valence-corrected chi connectivity index (χ0v) is 7.20.